The molecule has 1 unspecified atom stereocenters. The summed E-state index contributed by atoms with van der Waals surface area (Å²) in [5.74, 6) is 0. The van der Waals surface area contributed by atoms with E-state index in [4.69, 9.17) is 9.47 Å². The molecule has 0 bridgehead atoms. The fourth-order valence-corrected chi connectivity index (χ4v) is 2.61. The number of nitro groups is 1. The van der Waals surface area contributed by atoms with E-state index >= 15 is 0 Å². The molecule has 1 N–H and O–H groups in total. The van der Waals surface area contributed by atoms with E-state index in [0.29, 0.717) is 23.4 Å². The summed E-state index contributed by atoms with van der Waals surface area (Å²) >= 11 is 0. The van der Waals surface area contributed by atoms with E-state index in [2.05, 4.69) is 12.2 Å². The molecule has 0 aliphatic rings. The Bertz CT molecular complexity index is 835. The predicted molar refractivity (Wildman–Crippen MR) is 102 cm³/mol. The van der Waals surface area contributed by atoms with E-state index in [1.807, 2.05) is 0 Å². The van der Waals surface area contributed by atoms with Crippen molar-refractivity contribution in [3.05, 3.63) is 69.8 Å². The van der Waals surface area contributed by atoms with Gasteiger partial charge in [0.25, 0.3) is 11.8 Å². The molecule has 0 heterocycles. The van der Waals surface area contributed by atoms with Crippen molar-refractivity contribution in [2.75, 3.05) is 11.9 Å². The van der Waals surface area contributed by atoms with Crippen LogP contribution in [-0.4, -0.2) is 23.8 Å². The number of hydrogen-bond acceptors (Lipinski definition) is 7. The molecule has 2 aromatic carbocycles. The molecule has 0 aliphatic heterocycles. The van der Waals surface area contributed by atoms with Gasteiger partial charge < -0.3 is 19.4 Å². The van der Waals surface area contributed by atoms with Gasteiger partial charge in [-0.15, -0.1) is 0 Å². The molecule has 0 spiro atoms. The van der Waals surface area contributed by atoms with Gasteiger partial charge in [0.15, 0.2) is 0 Å². The van der Waals surface area contributed by atoms with Crippen LogP contribution in [0.4, 0.5) is 21.0 Å². The van der Waals surface area contributed by atoms with E-state index in [1.54, 1.807) is 24.3 Å². The number of nitrogens with one attached hydrogen (secondary N) is 1. The standard InChI is InChI=1S/C20H22N2O7/c1-2-3-4-13-28-19(23)21-16-9-5-14(6-10-16)18(29-20(24)25)15-7-11-17(12-8-15)22(26)27/h5-12,18H,2-4,13H2,1H3,(H,21,23)(H,24,25)/p-1. The second-order valence-corrected chi connectivity index (χ2v) is 6.19. The quantitative estimate of drug-likeness (QED) is 0.293. The third-order valence-electron chi connectivity index (χ3n) is 4.06. The fourth-order valence-electron chi connectivity index (χ4n) is 2.61. The number of nitro benzene ring substituents is 1. The summed E-state index contributed by atoms with van der Waals surface area (Å²) in [5, 5.41) is 24.3. The van der Waals surface area contributed by atoms with E-state index in [0.717, 1.165) is 19.3 Å². The molecule has 154 valence electrons. The van der Waals surface area contributed by atoms with Gasteiger partial charge in [0, 0.05) is 17.8 Å². The van der Waals surface area contributed by atoms with Gasteiger partial charge in [0.1, 0.15) is 0 Å². The zero-order chi connectivity index (χ0) is 21.2. The van der Waals surface area contributed by atoms with Gasteiger partial charge in [-0.05, 0) is 41.8 Å². The number of unbranched alkanes of at least 4 members (excludes halogenated alkanes) is 2. The summed E-state index contributed by atoms with van der Waals surface area (Å²) < 4.78 is 9.91. The van der Waals surface area contributed by atoms with Crippen LogP contribution in [0.15, 0.2) is 48.5 Å². The summed E-state index contributed by atoms with van der Waals surface area (Å²) in [6.45, 7) is 2.38. The summed E-state index contributed by atoms with van der Waals surface area (Å²) in [6.07, 6.45) is -0.546. The maximum absolute atomic E-state index is 11.7. The van der Waals surface area contributed by atoms with Gasteiger partial charge in [0.2, 0.25) is 0 Å². The van der Waals surface area contributed by atoms with Crippen molar-refractivity contribution in [3.63, 3.8) is 0 Å². The second kappa shape index (κ2) is 10.6. The van der Waals surface area contributed by atoms with Gasteiger partial charge in [-0.1, -0.05) is 31.9 Å². The van der Waals surface area contributed by atoms with E-state index in [-0.39, 0.29) is 5.69 Å². The monoisotopic (exact) mass is 401 g/mol. The molecule has 0 saturated carbocycles. The van der Waals surface area contributed by atoms with Crippen molar-refractivity contribution in [1.82, 2.24) is 0 Å². The number of rotatable bonds is 9. The highest BCUT2D eigenvalue weighted by Gasteiger charge is 2.15. The number of carbonyl (C=O) groups excluding carboxylic acids is 2. The number of hydrogen-bond donors (Lipinski definition) is 1. The lowest BCUT2D eigenvalue weighted by atomic mass is 10.0. The lowest BCUT2D eigenvalue weighted by molar-refractivity contribution is -0.384. The molecule has 9 heteroatoms. The Kier molecular flexibility index (Phi) is 7.96. The molecule has 2 rings (SSSR count). The molecule has 9 nitrogen and oxygen atoms in total. The first kappa shape index (κ1) is 21.7. The average Bonchev–Trinajstić information content (AvgIpc) is 2.70. The topological polar surface area (TPSA) is 131 Å². The van der Waals surface area contributed by atoms with E-state index < -0.39 is 23.3 Å². The average molecular weight is 401 g/mol. The molecule has 0 saturated heterocycles. The number of benzene rings is 2. The van der Waals surface area contributed by atoms with Crippen LogP contribution < -0.4 is 10.4 Å². The van der Waals surface area contributed by atoms with Gasteiger partial charge >= 0.3 is 6.09 Å². The molecular formula is C20H21N2O7-. The van der Waals surface area contributed by atoms with Crippen molar-refractivity contribution in [2.24, 2.45) is 0 Å². The van der Waals surface area contributed by atoms with Crippen molar-refractivity contribution in [1.29, 1.82) is 0 Å². The normalized spacial score (nSPS) is 11.3. The Morgan fingerprint density at radius 2 is 1.62 bits per heavy atom. The van der Waals surface area contributed by atoms with Crippen molar-refractivity contribution >= 4 is 23.6 Å². The van der Waals surface area contributed by atoms with Crippen LogP contribution >= 0.6 is 0 Å². The Morgan fingerprint density at radius 1 is 1.03 bits per heavy atom. The van der Waals surface area contributed by atoms with Crippen LogP contribution in [0, 0.1) is 10.1 Å². The van der Waals surface area contributed by atoms with Crippen LogP contribution in [0.2, 0.25) is 0 Å². The minimum atomic E-state index is -1.73. The van der Waals surface area contributed by atoms with Gasteiger partial charge in [-0.25, -0.2) is 4.79 Å². The van der Waals surface area contributed by atoms with E-state index in [9.17, 15) is 24.8 Å². The number of non-ortho nitro benzene ring substituents is 1. The SMILES string of the molecule is CCCCCOC(=O)Nc1ccc(C(OC(=O)[O-])c2ccc([N+](=O)[O-])cc2)cc1. The molecule has 1 atom stereocenters. The van der Waals surface area contributed by atoms with Gasteiger partial charge in [0.05, 0.1) is 17.6 Å². The van der Waals surface area contributed by atoms with E-state index in [1.165, 1.54) is 24.3 Å². The highest BCUT2D eigenvalue weighted by molar-refractivity contribution is 5.84. The maximum Gasteiger partial charge on any atom is 0.411 e. The molecule has 29 heavy (non-hydrogen) atoms. The lowest BCUT2D eigenvalue weighted by Crippen LogP contribution is -2.26. The smallest absolute Gasteiger partial charge is 0.411 e. The largest absolute Gasteiger partial charge is 0.537 e. The maximum atomic E-state index is 11.7. The van der Waals surface area contributed by atoms with Crippen LogP contribution in [-0.2, 0) is 9.47 Å². The predicted octanol–water partition coefficient (Wildman–Crippen LogP) is 3.78. The molecular weight excluding hydrogens is 380 g/mol. The van der Waals surface area contributed by atoms with Crippen molar-refractivity contribution < 1.29 is 29.1 Å². The summed E-state index contributed by atoms with van der Waals surface area (Å²) in [6, 6.07) is 11.6. The third kappa shape index (κ3) is 6.80. The number of amides is 1. The zero-order valence-electron chi connectivity index (χ0n) is 15.8. The Hall–Kier alpha value is -3.62. The van der Waals surface area contributed by atoms with Crippen LogP contribution in [0.25, 0.3) is 0 Å². The van der Waals surface area contributed by atoms with Gasteiger partial charge in [-0.2, -0.15) is 0 Å². The first-order chi connectivity index (χ1) is 13.9. The molecule has 0 aliphatic carbocycles. The van der Waals surface area contributed by atoms with Crippen LogP contribution in [0.1, 0.15) is 43.4 Å². The minimum Gasteiger partial charge on any atom is -0.537 e. The van der Waals surface area contributed by atoms with Crippen molar-refractivity contribution in [2.45, 2.75) is 32.3 Å². The fraction of sp³-hybridized carbons (Fsp3) is 0.300. The molecule has 0 aromatic heterocycles. The third-order valence-corrected chi connectivity index (χ3v) is 4.06. The minimum absolute atomic E-state index is 0.127. The highest BCUT2D eigenvalue weighted by atomic mass is 16.7. The zero-order valence-corrected chi connectivity index (χ0v) is 15.8. The van der Waals surface area contributed by atoms with Gasteiger partial charge in [-0.3, -0.25) is 15.4 Å². The Balaban J connectivity index is 2.09. The number of anilines is 1. The highest BCUT2D eigenvalue weighted by Crippen LogP contribution is 2.28. The molecule has 0 radical (unpaired) electrons. The Labute approximate surface area is 167 Å². The summed E-state index contributed by atoms with van der Waals surface area (Å²) in [5.41, 5.74) is 1.20. The first-order valence-electron chi connectivity index (χ1n) is 9.06. The lowest BCUT2D eigenvalue weighted by Gasteiger charge is -2.23. The number of carbonyl (C=O) groups is 2. The summed E-state index contributed by atoms with van der Waals surface area (Å²) in [7, 11) is 0. The van der Waals surface area contributed by atoms with Crippen molar-refractivity contribution in [3.8, 4) is 0 Å². The second-order valence-electron chi connectivity index (χ2n) is 6.19. The van der Waals surface area contributed by atoms with Crippen LogP contribution in [0.3, 0.4) is 0 Å². The molecule has 2 aromatic rings. The molecule has 0 fully saturated rings. The Morgan fingerprint density at radius 3 is 2.14 bits per heavy atom. The number of ether oxygens (including phenoxy) is 2. The van der Waals surface area contributed by atoms with Crippen LogP contribution in [0.5, 0.6) is 0 Å². The number of nitrogens with zero attached hydrogens (tertiary/aromatic N) is 1. The first-order valence-corrected chi connectivity index (χ1v) is 9.06. The molecule has 1 amide bonds. The summed E-state index contributed by atoms with van der Waals surface area (Å²) in [4.78, 5) is 32.9. The number of carboxylic acid groups (broad SMARTS) is 1.